The Labute approximate surface area is 132 Å². The number of nitrogens with one attached hydrogen (secondary N) is 2. The van der Waals surface area contributed by atoms with Crippen molar-refractivity contribution < 1.29 is 9.72 Å². The van der Waals surface area contributed by atoms with E-state index in [2.05, 4.69) is 20.5 Å². The number of aromatic amines is 1. The molecule has 9 heteroatoms. The van der Waals surface area contributed by atoms with Gasteiger partial charge in [-0.05, 0) is 13.1 Å². The molecule has 1 amide bonds. The van der Waals surface area contributed by atoms with E-state index in [9.17, 15) is 14.9 Å². The van der Waals surface area contributed by atoms with Crippen LogP contribution in [0.3, 0.4) is 0 Å². The number of anilines is 1. The number of carbonyl (C=O) groups excluding carboxylic acids is 1. The van der Waals surface area contributed by atoms with Gasteiger partial charge in [0.25, 0.3) is 5.69 Å². The van der Waals surface area contributed by atoms with Gasteiger partial charge in [-0.15, -0.1) is 5.10 Å². The van der Waals surface area contributed by atoms with E-state index in [4.69, 9.17) is 0 Å². The summed E-state index contributed by atoms with van der Waals surface area (Å²) in [7, 11) is 0. The number of likely N-dealkylation sites (N-methyl/N-ethyl adjacent to an activating group) is 1. The summed E-state index contributed by atoms with van der Waals surface area (Å²) in [6.45, 7) is 5.76. The Morgan fingerprint density at radius 2 is 2.13 bits per heavy atom. The molecule has 0 saturated heterocycles. The molecule has 1 aromatic carbocycles. The Balaban J connectivity index is 2.07. The maximum Gasteiger partial charge on any atom is 0.270 e. The van der Waals surface area contributed by atoms with Gasteiger partial charge < -0.3 is 0 Å². The van der Waals surface area contributed by atoms with Gasteiger partial charge in [0.2, 0.25) is 11.9 Å². The number of benzene rings is 1. The molecule has 23 heavy (non-hydrogen) atoms. The van der Waals surface area contributed by atoms with E-state index >= 15 is 0 Å². The highest BCUT2D eigenvalue weighted by Crippen LogP contribution is 2.21. The first-order valence-electron chi connectivity index (χ1n) is 7.23. The molecular weight excluding hydrogens is 300 g/mol. The van der Waals surface area contributed by atoms with Crippen LogP contribution in [0, 0.1) is 10.1 Å². The highest BCUT2D eigenvalue weighted by molar-refractivity contribution is 5.90. The molecule has 2 aromatic rings. The average molecular weight is 318 g/mol. The molecule has 0 unspecified atom stereocenters. The van der Waals surface area contributed by atoms with E-state index in [-0.39, 0.29) is 24.1 Å². The normalized spacial score (nSPS) is 10.7. The van der Waals surface area contributed by atoms with Crippen LogP contribution in [-0.4, -0.2) is 50.5 Å². The minimum atomic E-state index is -0.480. The smallest absolute Gasteiger partial charge is 0.270 e. The lowest BCUT2D eigenvalue weighted by Crippen LogP contribution is -2.33. The van der Waals surface area contributed by atoms with Crippen LogP contribution >= 0.6 is 0 Å². The lowest BCUT2D eigenvalue weighted by atomic mass is 10.2. The van der Waals surface area contributed by atoms with Crippen molar-refractivity contribution in [2.75, 3.05) is 25.0 Å². The fourth-order valence-electron chi connectivity index (χ4n) is 2.03. The van der Waals surface area contributed by atoms with Gasteiger partial charge in [-0.3, -0.25) is 30.2 Å². The number of non-ortho nitro benzene ring substituents is 1. The van der Waals surface area contributed by atoms with Crippen molar-refractivity contribution in [1.29, 1.82) is 0 Å². The maximum absolute atomic E-state index is 11.9. The van der Waals surface area contributed by atoms with Crippen LogP contribution in [0.2, 0.25) is 0 Å². The Kier molecular flexibility index (Phi) is 5.36. The number of amides is 1. The van der Waals surface area contributed by atoms with Crippen molar-refractivity contribution in [2.24, 2.45) is 0 Å². The summed E-state index contributed by atoms with van der Waals surface area (Å²) in [5, 5.41) is 20.0. The van der Waals surface area contributed by atoms with Gasteiger partial charge in [-0.1, -0.05) is 26.0 Å². The molecule has 2 N–H and O–H groups in total. The van der Waals surface area contributed by atoms with E-state index in [0.717, 1.165) is 13.1 Å². The highest BCUT2D eigenvalue weighted by atomic mass is 16.6. The standard InChI is InChI=1S/C14H18N6O3/c1-3-19(4-2)9-12(21)15-14-16-13(17-18-14)10-6-5-7-11(8-10)20(22)23/h5-8H,3-4,9H2,1-2H3,(H2,15,16,17,18,21). The quantitative estimate of drug-likeness (QED) is 0.592. The van der Waals surface area contributed by atoms with E-state index in [0.29, 0.717) is 11.4 Å². The van der Waals surface area contributed by atoms with Crippen LogP contribution in [0.1, 0.15) is 13.8 Å². The number of hydrogen-bond acceptors (Lipinski definition) is 6. The van der Waals surface area contributed by atoms with Crippen LogP contribution in [0.4, 0.5) is 11.6 Å². The van der Waals surface area contributed by atoms with Crippen molar-refractivity contribution >= 4 is 17.5 Å². The molecule has 0 bridgehead atoms. The topological polar surface area (TPSA) is 117 Å². The number of H-pyrrole nitrogens is 1. The van der Waals surface area contributed by atoms with E-state index in [1.165, 1.54) is 12.1 Å². The van der Waals surface area contributed by atoms with Gasteiger partial charge in [-0.25, -0.2) is 0 Å². The monoisotopic (exact) mass is 318 g/mol. The minimum Gasteiger partial charge on any atom is -0.295 e. The molecule has 0 fully saturated rings. The molecule has 0 aliphatic carbocycles. The number of nitro groups is 1. The molecule has 1 aromatic heterocycles. The number of hydrogen-bond donors (Lipinski definition) is 2. The fourth-order valence-corrected chi connectivity index (χ4v) is 2.03. The zero-order chi connectivity index (χ0) is 16.8. The summed E-state index contributed by atoms with van der Waals surface area (Å²) in [5.41, 5.74) is 0.488. The zero-order valence-electron chi connectivity index (χ0n) is 12.9. The van der Waals surface area contributed by atoms with E-state index in [1.807, 2.05) is 18.7 Å². The first kappa shape index (κ1) is 16.6. The second-order valence-electron chi connectivity index (χ2n) is 4.82. The second kappa shape index (κ2) is 7.45. The van der Waals surface area contributed by atoms with Crippen molar-refractivity contribution in [3.63, 3.8) is 0 Å². The molecule has 0 aliphatic rings. The van der Waals surface area contributed by atoms with Crippen molar-refractivity contribution in [2.45, 2.75) is 13.8 Å². The van der Waals surface area contributed by atoms with Crippen LogP contribution < -0.4 is 5.32 Å². The fraction of sp³-hybridized carbons (Fsp3) is 0.357. The molecule has 122 valence electrons. The number of rotatable bonds is 7. The van der Waals surface area contributed by atoms with E-state index in [1.54, 1.807) is 12.1 Å². The largest absolute Gasteiger partial charge is 0.295 e. The third kappa shape index (κ3) is 4.33. The lowest BCUT2D eigenvalue weighted by Gasteiger charge is -2.16. The molecular formula is C14H18N6O3. The molecule has 2 rings (SSSR count). The van der Waals surface area contributed by atoms with Gasteiger partial charge >= 0.3 is 0 Å². The van der Waals surface area contributed by atoms with Crippen molar-refractivity contribution in [3.05, 3.63) is 34.4 Å². The molecule has 1 heterocycles. The second-order valence-corrected chi connectivity index (χ2v) is 4.82. The molecule has 0 saturated carbocycles. The lowest BCUT2D eigenvalue weighted by molar-refractivity contribution is -0.384. The Hall–Kier alpha value is -2.81. The average Bonchev–Trinajstić information content (AvgIpc) is 3.01. The van der Waals surface area contributed by atoms with Crippen LogP contribution in [-0.2, 0) is 4.79 Å². The number of aromatic nitrogens is 3. The van der Waals surface area contributed by atoms with Crippen LogP contribution in [0.25, 0.3) is 11.4 Å². The van der Waals surface area contributed by atoms with Crippen LogP contribution in [0.15, 0.2) is 24.3 Å². The molecule has 0 atom stereocenters. The summed E-state index contributed by atoms with van der Waals surface area (Å²) < 4.78 is 0. The van der Waals surface area contributed by atoms with Gasteiger partial charge in [0.15, 0.2) is 5.82 Å². The summed E-state index contributed by atoms with van der Waals surface area (Å²) in [5.74, 6) is 0.286. The molecule has 9 nitrogen and oxygen atoms in total. The van der Waals surface area contributed by atoms with Gasteiger partial charge in [-0.2, -0.15) is 4.98 Å². The Morgan fingerprint density at radius 3 is 2.78 bits per heavy atom. The first-order valence-corrected chi connectivity index (χ1v) is 7.23. The molecule has 0 radical (unpaired) electrons. The van der Waals surface area contributed by atoms with E-state index < -0.39 is 4.92 Å². The van der Waals surface area contributed by atoms with Gasteiger partial charge in [0.1, 0.15) is 0 Å². The SMILES string of the molecule is CCN(CC)CC(=O)Nc1n[nH]c(-c2cccc([N+](=O)[O-])c2)n1. The Bertz CT molecular complexity index is 695. The predicted octanol–water partition coefficient (Wildman–Crippen LogP) is 1.66. The summed E-state index contributed by atoms with van der Waals surface area (Å²) in [6.07, 6.45) is 0. The number of carbonyl (C=O) groups is 1. The Morgan fingerprint density at radius 1 is 1.39 bits per heavy atom. The predicted molar refractivity (Wildman–Crippen MR) is 84.9 cm³/mol. The summed E-state index contributed by atoms with van der Waals surface area (Å²) >= 11 is 0. The van der Waals surface area contributed by atoms with Crippen molar-refractivity contribution in [1.82, 2.24) is 20.1 Å². The van der Waals surface area contributed by atoms with Crippen molar-refractivity contribution in [3.8, 4) is 11.4 Å². The van der Waals surface area contributed by atoms with Gasteiger partial charge in [0, 0.05) is 17.7 Å². The maximum atomic E-state index is 11.9. The van der Waals surface area contributed by atoms with Crippen LogP contribution in [0.5, 0.6) is 0 Å². The minimum absolute atomic E-state index is 0.0361. The molecule has 0 aliphatic heterocycles. The van der Waals surface area contributed by atoms with Gasteiger partial charge in [0.05, 0.1) is 11.5 Å². The first-order chi connectivity index (χ1) is 11.0. The summed E-state index contributed by atoms with van der Waals surface area (Å²) in [6, 6.07) is 6.03. The summed E-state index contributed by atoms with van der Waals surface area (Å²) in [4.78, 5) is 28.3. The third-order valence-corrected chi connectivity index (χ3v) is 3.33. The zero-order valence-corrected chi connectivity index (χ0v) is 12.9. The third-order valence-electron chi connectivity index (χ3n) is 3.33. The molecule has 0 spiro atoms. The number of nitrogens with zero attached hydrogens (tertiary/aromatic N) is 4. The highest BCUT2D eigenvalue weighted by Gasteiger charge is 2.13. The number of nitro benzene ring substituents is 1.